The number of hydrogen-bond donors (Lipinski definition) is 1. The Kier molecular flexibility index (Phi) is 2.55. The number of aryl methyl sites for hydroxylation is 1. The number of hydrogen-bond acceptors (Lipinski definition) is 3. The molecule has 0 radical (unpaired) electrons. The molecule has 0 fully saturated rings. The van der Waals surface area contributed by atoms with Crippen molar-refractivity contribution in [3.8, 4) is 11.4 Å². The van der Waals surface area contributed by atoms with Crippen LogP contribution < -0.4 is 5.73 Å². The van der Waals surface area contributed by atoms with Crippen LogP contribution in [0.15, 0.2) is 12.3 Å². The van der Waals surface area contributed by atoms with Gasteiger partial charge in [-0.2, -0.15) is 5.10 Å². The van der Waals surface area contributed by atoms with Gasteiger partial charge < -0.3 is 5.73 Å². The van der Waals surface area contributed by atoms with Gasteiger partial charge in [0, 0.05) is 18.8 Å². The summed E-state index contributed by atoms with van der Waals surface area (Å²) in [6, 6.07) is 1.20. The quantitative estimate of drug-likeness (QED) is 0.831. The topological polar surface area (TPSA) is 56.7 Å². The molecule has 0 spiro atoms. The number of nitrogens with zero attached hydrogens (tertiary/aromatic N) is 3. The van der Waals surface area contributed by atoms with Gasteiger partial charge in [-0.05, 0) is 13.0 Å². The molecule has 2 heterocycles. The van der Waals surface area contributed by atoms with E-state index >= 15 is 0 Å². The maximum absolute atomic E-state index is 13.6. The van der Waals surface area contributed by atoms with E-state index in [4.69, 9.17) is 17.3 Å². The van der Waals surface area contributed by atoms with E-state index in [-0.39, 0.29) is 10.7 Å². The van der Waals surface area contributed by atoms with Crippen LogP contribution in [0.3, 0.4) is 0 Å². The van der Waals surface area contributed by atoms with Crippen LogP contribution in [0.1, 0.15) is 5.56 Å². The molecule has 0 unspecified atom stereocenters. The summed E-state index contributed by atoms with van der Waals surface area (Å²) in [6.07, 6.45) is 1.38. The van der Waals surface area contributed by atoms with Gasteiger partial charge in [0.1, 0.15) is 17.2 Å². The lowest BCUT2D eigenvalue weighted by molar-refractivity contribution is 0.624. The Labute approximate surface area is 96.9 Å². The van der Waals surface area contributed by atoms with Gasteiger partial charge in [-0.15, -0.1) is 0 Å². The van der Waals surface area contributed by atoms with Crippen LogP contribution in [0.2, 0.25) is 5.02 Å². The highest BCUT2D eigenvalue weighted by Crippen LogP contribution is 2.27. The Morgan fingerprint density at radius 3 is 2.62 bits per heavy atom. The molecule has 16 heavy (non-hydrogen) atoms. The number of nitrogens with two attached hydrogens (primary N) is 1. The van der Waals surface area contributed by atoms with Crippen molar-refractivity contribution in [2.75, 3.05) is 5.73 Å². The van der Waals surface area contributed by atoms with Gasteiger partial charge in [0.25, 0.3) is 0 Å². The lowest BCUT2D eigenvalue weighted by atomic mass is 10.2. The predicted octanol–water partition coefficient (Wildman–Crippen LogP) is 2.17. The Morgan fingerprint density at radius 2 is 2.12 bits per heavy atom. The molecule has 0 aromatic carbocycles. The summed E-state index contributed by atoms with van der Waals surface area (Å²) in [5.41, 5.74) is 7.05. The van der Waals surface area contributed by atoms with Crippen molar-refractivity contribution in [3.05, 3.63) is 28.7 Å². The van der Waals surface area contributed by atoms with E-state index in [1.165, 1.54) is 16.9 Å². The minimum Gasteiger partial charge on any atom is -0.384 e. The van der Waals surface area contributed by atoms with Crippen LogP contribution >= 0.6 is 11.6 Å². The minimum atomic E-state index is -0.506. The SMILES string of the molecule is Cc1c(-c2ncc(Cl)cc2F)nn(C)c1N. The van der Waals surface area contributed by atoms with E-state index in [9.17, 15) is 4.39 Å². The molecule has 2 aromatic rings. The number of rotatable bonds is 1. The monoisotopic (exact) mass is 240 g/mol. The van der Waals surface area contributed by atoms with Crippen LogP contribution in [-0.2, 0) is 7.05 Å². The molecule has 0 saturated carbocycles. The van der Waals surface area contributed by atoms with Crippen molar-refractivity contribution in [1.29, 1.82) is 0 Å². The minimum absolute atomic E-state index is 0.161. The third-order valence-electron chi connectivity index (χ3n) is 2.37. The van der Waals surface area contributed by atoms with E-state index < -0.39 is 5.82 Å². The van der Waals surface area contributed by atoms with Crippen LogP contribution in [0.5, 0.6) is 0 Å². The zero-order valence-electron chi connectivity index (χ0n) is 8.83. The molecule has 84 valence electrons. The first-order valence-electron chi connectivity index (χ1n) is 4.61. The lowest BCUT2D eigenvalue weighted by Gasteiger charge is -2.00. The second kappa shape index (κ2) is 3.75. The molecule has 0 saturated heterocycles. The fourth-order valence-corrected chi connectivity index (χ4v) is 1.60. The van der Waals surface area contributed by atoms with Crippen molar-refractivity contribution in [2.24, 2.45) is 7.05 Å². The summed E-state index contributed by atoms with van der Waals surface area (Å²) in [5.74, 6) is -0.0140. The number of aromatic nitrogens is 3. The first kappa shape index (κ1) is 10.9. The molecule has 2 N–H and O–H groups in total. The Balaban J connectivity index is 2.63. The van der Waals surface area contributed by atoms with Crippen molar-refractivity contribution in [1.82, 2.24) is 14.8 Å². The van der Waals surface area contributed by atoms with E-state index in [1.807, 2.05) is 0 Å². The Hall–Kier alpha value is -1.62. The Morgan fingerprint density at radius 1 is 1.44 bits per heavy atom. The zero-order chi connectivity index (χ0) is 11.9. The largest absolute Gasteiger partial charge is 0.384 e. The van der Waals surface area contributed by atoms with Gasteiger partial charge in [-0.25, -0.2) is 9.37 Å². The van der Waals surface area contributed by atoms with E-state index in [0.717, 1.165) is 0 Å². The van der Waals surface area contributed by atoms with Crippen molar-refractivity contribution < 1.29 is 4.39 Å². The summed E-state index contributed by atoms with van der Waals surface area (Å²) in [4.78, 5) is 3.92. The highest BCUT2D eigenvalue weighted by molar-refractivity contribution is 6.30. The molecule has 2 aromatic heterocycles. The summed E-state index contributed by atoms with van der Waals surface area (Å²) in [6.45, 7) is 1.77. The van der Waals surface area contributed by atoms with Crippen molar-refractivity contribution in [2.45, 2.75) is 6.92 Å². The molecule has 0 aliphatic carbocycles. The zero-order valence-corrected chi connectivity index (χ0v) is 9.59. The highest BCUT2D eigenvalue weighted by atomic mass is 35.5. The average molecular weight is 241 g/mol. The lowest BCUT2D eigenvalue weighted by Crippen LogP contribution is -1.97. The molecule has 0 aliphatic heterocycles. The fraction of sp³-hybridized carbons (Fsp3) is 0.200. The van der Waals surface area contributed by atoms with E-state index in [0.29, 0.717) is 17.1 Å². The fourth-order valence-electron chi connectivity index (χ4n) is 1.46. The third kappa shape index (κ3) is 1.63. The second-order valence-electron chi connectivity index (χ2n) is 3.47. The molecule has 0 atom stereocenters. The maximum atomic E-state index is 13.6. The summed E-state index contributed by atoms with van der Waals surface area (Å²) >= 11 is 5.63. The molecule has 6 heteroatoms. The molecule has 4 nitrogen and oxygen atoms in total. The standard InChI is InChI=1S/C10H10ClFN4/c1-5-8(15-16(2)10(5)13)9-7(12)3-6(11)4-14-9/h3-4H,13H2,1-2H3. The van der Waals surface area contributed by atoms with Gasteiger partial charge >= 0.3 is 0 Å². The molecule has 0 bridgehead atoms. The average Bonchev–Trinajstić information content (AvgIpc) is 2.46. The van der Waals surface area contributed by atoms with Crippen molar-refractivity contribution >= 4 is 17.4 Å². The van der Waals surface area contributed by atoms with Crippen molar-refractivity contribution in [3.63, 3.8) is 0 Å². The van der Waals surface area contributed by atoms with E-state index in [1.54, 1.807) is 14.0 Å². The summed E-state index contributed by atoms with van der Waals surface area (Å²) in [5, 5.41) is 4.37. The highest BCUT2D eigenvalue weighted by Gasteiger charge is 2.16. The van der Waals surface area contributed by atoms with Gasteiger partial charge in [-0.3, -0.25) is 4.68 Å². The molecule has 0 amide bonds. The first-order valence-corrected chi connectivity index (χ1v) is 4.99. The first-order chi connectivity index (χ1) is 7.50. The predicted molar refractivity (Wildman–Crippen MR) is 60.6 cm³/mol. The number of halogens is 2. The molecular formula is C10H10ClFN4. The summed E-state index contributed by atoms with van der Waals surface area (Å²) in [7, 11) is 1.69. The maximum Gasteiger partial charge on any atom is 0.152 e. The molecule has 2 rings (SSSR count). The second-order valence-corrected chi connectivity index (χ2v) is 3.90. The number of nitrogen functional groups attached to an aromatic ring is 1. The van der Waals surface area contributed by atoms with Crippen LogP contribution in [0.25, 0.3) is 11.4 Å². The third-order valence-corrected chi connectivity index (χ3v) is 2.58. The van der Waals surface area contributed by atoms with Gasteiger partial charge in [0.15, 0.2) is 5.82 Å². The van der Waals surface area contributed by atoms with Crippen LogP contribution in [-0.4, -0.2) is 14.8 Å². The van der Waals surface area contributed by atoms with Gasteiger partial charge in [0.2, 0.25) is 0 Å². The van der Waals surface area contributed by atoms with Gasteiger partial charge in [-0.1, -0.05) is 11.6 Å². The Bertz CT molecular complexity index is 550. The number of pyridine rings is 1. The molecular weight excluding hydrogens is 231 g/mol. The normalized spacial score (nSPS) is 10.8. The van der Waals surface area contributed by atoms with Crippen LogP contribution in [0.4, 0.5) is 10.2 Å². The van der Waals surface area contributed by atoms with Crippen LogP contribution in [0, 0.1) is 12.7 Å². The number of anilines is 1. The smallest absolute Gasteiger partial charge is 0.152 e. The molecule has 0 aliphatic rings. The van der Waals surface area contributed by atoms with Gasteiger partial charge in [0.05, 0.1) is 5.02 Å². The van der Waals surface area contributed by atoms with E-state index in [2.05, 4.69) is 10.1 Å². The summed E-state index contributed by atoms with van der Waals surface area (Å²) < 4.78 is 15.1.